The van der Waals surface area contributed by atoms with Crippen molar-refractivity contribution in [3.63, 3.8) is 0 Å². The Bertz CT molecular complexity index is 600. The minimum atomic E-state index is -4.50. The Morgan fingerprint density at radius 1 is 1.09 bits per heavy atom. The van der Waals surface area contributed by atoms with Gasteiger partial charge in [-0.1, -0.05) is 50.5 Å². The van der Waals surface area contributed by atoms with E-state index in [0.717, 1.165) is 18.4 Å². The zero-order valence-corrected chi connectivity index (χ0v) is 12.5. The van der Waals surface area contributed by atoms with Crippen LogP contribution in [0.1, 0.15) is 43.9 Å². The summed E-state index contributed by atoms with van der Waals surface area (Å²) in [6, 6.07) is 7.04. The third kappa shape index (κ3) is 4.02. The van der Waals surface area contributed by atoms with E-state index in [1.807, 2.05) is 12.1 Å². The third-order valence-electron chi connectivity index (χ3n) is 3.55. The van der Waals surface area contributed by atoms with Crippen LogP contribution in [0.25, 0.3) is 11.3 Å². The zero-order chi connectivity index (χ0) is 16.2. The lowest BCUT2D eigenvalue weighted by atomic mass is 10.0. The van der Waals surface area contributed by atoms with Crippen LogP contribution in [0.2, 0.25) is 0 Å². The molecule has 0 saturated heterocycles. The fraction of sp³-hybridized carbons (Fsp3) is 0.438. The van der Waals surface area contributed by atoms with Crippen molar-refractivity contribution in [2.45, 2.75) is 45.2 Å². The first kappa shape index (κ1) is 16.4. The number of aromatic amines is 1. The Hall–Kier alpha value is -1.98. The Balaban J connectivity index is 2.14. The minimum Gasteiger partial charge on any atom is -0.369 e. The van der Waals surface area contributed by atoms with Gasteiger partial charge >= 0.3 is 6.18 Å². The molecule has 120 valence electrons. The molecule has 0 atom stereocenters. The van der Waals surface area contributed by atoms with Gasteiger partial charge < -0.3 is 10.7 Å². The Kier molecular flexibility index (Phi) is 5.11. The van der Waals surface area contributed by atoms with Gasteiger partial charge in [0.05, 0.1) is 0 Å². The van der Waals surface area contributed by atoms with Crippen molar-refractivity contribution in [2.24, 2.45) is 0 Å². The topological polar surface area (TPSA) is 54.7 Å². The van der Waals surface area contributed by atoms with Crippen LogP contribution in [-0.2, 0) is 12.6 Å². The van der Waals surface area contributed by atoms with Crippen molar-refractivity contribution >= 4 is 5.95 Å². The number of hydrogen-bond acceptors (Lipinski definition) is 2. The molecule has 0 spiro atoms. The van der Waals surface area contributed by atoms with E-state index in [4.69, 9.17) is 5.73 Å². The van der Waals surface area contributed by atoms with Crippen LogP contribution in [0, 0.1) is 0 Å². The summed E-state index contributed by atoms with van der Waals surface area (Å²) in [5, 5.41) is 0. The highest BCUT2D eigenvalue weighted by molar-refractivity contribution is 5.64. The molecule has 0 aliphatic heterocycles. The Labute approximate surface area is 127 Å². The maximum Gasteiger partial charge on any atom is 0.433 e. The molecule has 1 aromatic carbocycles. The maximum atomic E-state index is 12.9. The van der Waals surface area contributed by atoms with Crippen LogP contribution in [0.15, 0.2) is 24.3 Å². The van der Waals surface area contributed by atoms with Crippen LogP contribution in [-0.4, -0.2) is 9.97 Å². The van der Waals surface area contributed by atoms with Gasteiger partial charge in [0.15, 0.2) is 5.95 Å². The molecule has 3 nitrogen and oxygen atoms in total. The number of unbranched alkanes of at least 4 members (excludes halogenated alkanes) is 3. The summed E-state index contributed by atoms with van der Waals surface area (Å²) in [4.78, 5) is 5.85. The third-order valence-corrected chi connectivity index (χ3v) is 3.55. The van der Waals surface area contributed by atoms with Crippen molar-refractivity contribution < 1.29 is 13.2 Å². The molecule has 0 radical (unpaired) electrons. The fourth-order valence-electron chi connectivity index (χ4n) is 2.39. The minimum absolute atomic E-state index is 0.150. The number of anilines is 1. The first-order chi connectivity index (χ1) is 10.4. The van der Waals surface area contributed by atoms with E-state index in [1.54, 1.807) is 12.1 Å². The quantitative estimate of drug-likeness (QED) is 0.753. The monoisotopic (exact) mass is 311 g/mol. The summed E-state index contributed by atoms with van der Waals surface area (Å²) >= 11 is 0. The molecule has 0 aliphatic rings. The molecule has 0 unspecified atom stereocenters. The molecule has 6 heteroatoms. The van der Waals surface area contributed by atoms with Gasteiger partial charge in [0, 0.05) is 5.56 Å². The lowest BCUT2D eigenvalue weighted by Crippen LogP contribution is -2.07. The molecule has 1 aromatic heterocycles. The van der Waals surface area contributed by atoms with Gasteiger partial charge in [-0.15, -0.1) is 0 Å². The van der Waals surface area contributed by atoms with E-state index in [-0.39, 0.29) is 11.6 Å². The lowest BCUT2D eigenvalue weighted by Gasteiger charge is -2.07. The van der Waals surface area contributed by atoms with Gasteiger partial charge in [-0.05, 0) is 18.4 Å². The number of nitrogen functional groups attached to an aromatic ring is 1. The number of imidazole rings is 1. The van der Waals surface area contributed by atoms with Crippen molar-refractivity contribution in [3.05, 3.63) is 35.5 Å². The zero-order valence-electron chi connectivity index (χ0n) is 12.5. The number of aromatic nitrogens is 2. The molecule has 22 heavy (non-hydrogen) atoms. The highest BCUT2D eigenvalue weighted by Gasteiger charge is 2.37. The number of hydrogen-bond donors (Lipinski definition) is 2. The average Bonchev–Trinajstić information content (AvgIpc) is 2.86. The molecule has 0 aliphatic carbocycles. The van der Waals surface area contributed by atoms with Crippen LogP contribution in [0.5, 0.6) is 0 Å². The van der Waals surface area contributed by atoms with E-state index in [2.05, 4.69) is 16.9 Å². The summed E-state index contributed by atoms with van der Waals surface area (Å²) < 4.78 is 38.8. The molecule has 0 bridgehead atoms. The van der Waals surface area contributed by atoms with Crippen molar-refractivity contribution in [1.82, 2.24) is 9.97 Å². The molecule has 3 N–H and O–H groups in total. The van der Waals surface area contributed by atoms with Gasteiger partial charge in [0.2, 0.25) is 0 Å². The second-order valence-electron chi connectivity index (χ2n) is 5.35. The SMILES string of the molecule is CCCCCCc1ccc(-c2nc(N)[nH]c2C(F)(F)F)cc1. The summed E-state index contributed by atoms with van der Waals surface area (Å²) in [6.45, 7) is 2.16. The van der Waals surface area contributed by atoms with Gasteiger partial charge in [-0.3, -0.25) is 0 Å². The van der Waals surface area contributed by atoms with Gasteiger partial charge in [0.1, 0.15) is 11.4 Å². The van der Waals surface area contributed by atoms with E-state index < -0.39 is 11.9 Å². The molecule has 1 heterocycles. The predicted molar refractivity (Wildman–Crippen MR) is 81.3 cm³/mol. The van der Waals surface area contributed by atoms with E-state index in [0.29, 0.717) is 5.56 Å². The van der Waals surface area contributed by atoms with Crippen molar-refractivity contribution in [2.75, 3.05) is 5.73 Å². The van der Waals surface area contributed by atoms with Crippen LogP contribution < -0.4 is 5.73 Å². The molecular weight excluding hydrogens is 291 g/mol. The predicted octanol–water partition coefficient (Wildman–Crippen LogP) is 4.80. The number of halogens is 3. The lowest BCUT2D eigenvalue weighted by molar-refractivity contribution is -0.140. The summed E-state index contributed by atoms with van der Waals surface area (Å²) in [5.74, 6) is -0.231. The number of nitrogens with zero attached hydrogens (tertiary/aromatic N) is 1. The second kappa shape index (κ2) is 6.85. The Morgan fingerprint density at radius 3 is 2.36 bits per heavy atom. The first-order valence-corrected chi connectivity index (χ1v) is 7.43. The largest absolute Gasteiger partial charge is 0.433 e. The molecule has 2 aromatic rings. The fourth-order valence-corrected chi connectivity index (χ4v) is 2.39. The number of alkyl halides is 3. The van der Waals surface area contributed by atoms with E-state index in [9.17, 15) is 13.2 Å². The van der Waals surface area contributed by atoms with E-state index in [1.165, 1.54) is 19.3 Å². The van der Waals surface area contributed by atoms with Crippen LogP contribution >= 0.6 is 0 Å². The maximum absolute atomic E-state index is 12.9. The second-order valence-corrected chi connectivity index (χ2v) is 5.35. The van der Waals surface area contributed by atoms with E-state index >= 15 is 0 Å². The number of rotatable bonds is 6. The first-order valence-electron chi connectivity index (χ1n) is 7.43. The molecule has 0 amide bonds. The molecule has 0 fully saturated rings. The van der Waals surface area contributed by atoms with Crippen molar-refractivity contribution in [1.29, 1.82) is 0 Å². The molecular formula is C16H20F3N3. The molecule has 2 rings (SSSR count). The van der Waals surface area contributed by atoms with Gasteiger partial charge in [-0.2, -0.15) is 13.2 Å². The number of benzene rings is 1. The number of H-pyrrole nitrogens is 1. The number of aryl methyl sites for hydroxylation is 1. The molecule has 0 saturated carbocycles. The van der Waals surface area contributed by atoms with Gasteiger partial charge in [0.25, 0.3) is 0 Å². The summed E-state index contributed by atoms with van der Waals surface area (Å²) in [6.07, 6.45) is 1.09. The highest BCUT2D eigenvalue weighted by atomic mass is 19.4. The number of nitrogens with one attached hydrogen (secondary N) is 1. The van der Waals surface area contributed by atoms with Crippen molar-refractivity contribution in [3.8, 4) is 11.3 Å². The smallest absolute Gasteiger partial charge is 0.369 e. The number of nitrogens with two attached hydrogens (primary N) is 1. The average molecular weight is 311 g/mol. The standard InChI is InChI=1S/C16H20F3N3/c1-2-3-4-5-6-11-7-9-12(10-8-11)13-14(16(17,18)19)22-15(20)21-13/h7-10H,2-6H2,1H3,(H3,20,21,22). The van der Waals surface area contributed by atoms with Crippen LogP contribution in [0.4, 0.5) is 19.1 Å². The normalized spacial score (nSPS) is 11.8. The van der Waals surface area contributed by atoms with Gasteiger partial charge in [-0.25, -0.2) is 4.98 Å². The Morgan fingerprint density at radius 2 is 1.77 bits per heavy atom. The van der Waals surface area contributed by atoms with Crippen LogP contribution in [0.3, 0.4) is 0 Å². The summed E-state index contributed by atoms with van der Waals surface area (Å²) in [5.41, 5.74) is 5.85. The highest BCUT2D eigenvalue weighted by Crippen LogP contribution is 2.35. The summed E-state index contributed by atoms with van der Waals surface area (Å²) in [7, 11) is 0.